The van der Waals surface area contributed by atoms with Crippen molar-refractivity contribution in [2.45, 2.75) is 18.4 Å². The van der Waals surface area contributed by atoms with Crippen LogP contribution in [0.2, 0.25) is 5.02 Å². The van der Waals surface area contributed by atoms with Crippen molar-refractivity contribution in [2.75, 3.05) is 11.6 Å². The van der Waals surface area contributed by atoms with E-state index in [0.717, 1.165) is 17.3 Å². The normalized spacial score (nSPS) is 10.4. The van der Waals surface area contributed by atoms with E-state index >= 15 is 0 Å². The second-order valence-electron chi connectivity index (χ2n) is 4.13. The summed E-state index contributed by atoms with van der Waals surface area (Å²) >= 11 is 7.93. The lowest BCUT2D eigenvalue weighted by Gasteiger charge is -2.11. The molecular weight excluding hydrogens is 262 g/mol. The van der Waals surface area contributed by atoms with E-state index in [9.17, 15) is 0 Å². The maximum Gasteiger partial charge on any atom is 0.0640 e. The van der Waals surface area contributed by atoms with E-state index in [0.29, 0.717) is 0 Å². The van der Waals surface area contributed by atoms with Crippen LogP contribution in [0.25, 0.3) is 0 Å². The minimum Gasteiger partial charge on any atom is -0.380 e. The molecule has 0 unspecified atom stereocenters. The van der Waals surface area contributed by atoms with E-state index in [1.165, 1.54) is 16.0 Å². The van der Waals surface area contributed by atoms with Crippen LogP contribution in [0.3, 0.4) is 0 Å². The van der Waals surface area contributed by atoms with E-state index in [-0.39, 0.29) is 0 Å². The average Bonchev–Trinajstić information content (AvgIpc) is 2.39. The van der Waals surface area contributed by atoms with Gasteiger partial charge in [0.2, 0.25) is 0 Å². The summed E-state index contributed by atoms with van der Waals surface area (Å²) in [5, 5.41) is 4.17. The second-order valence-corrected chi connectivity index (χ2v) is 5.42. The Bertz CT molecular complexity index is 502. The van der Waals surface area contributed by atoms with E-state index in [1.807, 2.05) is 12.1 Å². The van der Waals surface area contributed by atoms with Gasteiger partial charge in [0.15, 0.2) is 0 Å². The number of thioether (sulfide) groups is 1. The summed E-state index contributed by atoms with van der Waals surface area (Å²) in [5.74, 6) is 0. The lowest BCUT2D eigenvalue weighted by Crippen LogP contribution is -2.01. The predicted molar refractivity (Wildman–Crippen MR) is 81.7 cm³/mol. The highest BCUT2D eigenvalue weighted by atomic mass is 35.5. The van der Waals surface area contributed by atoms with Crippen LogP contribution in [0.4, 0.5) is 5.69 Å². The molecule has 0 fully saturated rings. The number of anilines is 1. The molecule has 0 bridgehead atoms. The zero-order chi connectivity index (χ0) is 13.0. The fourth-order valence-corrected chi connectivity index (χ4v) is 2.49. The average molecular weight is 278 g/mol. The lowest BCUT2D eigenvalue weighted by molar-refractivity contribution is 1.13. The molecule has 2 rings (SSSR count). The van der Waals surface area contributed by atoms with Gasteiger partial charge in [-0.25, -0.2) is 0 Å². The topological polar surface area (TPSA) is 12.0 Å². The first-order valence-corrected chi connectivity index (χ1v) is 7.43. The van der Waals surface area contributed by atoms with Crippen molar-refractivity contribution >= 4 is 29.1 Å². The van der Waals surface area contributed by atoms with Gasteiger partial charge in [-0.15, -0.1) is 11.8 Å². The van der Waals surface area contributed by atoms with Gasteiger partial charge in [-0.1, -0.05) is 35.9 Å². The molecule has 1 nitrogen and oxygen atoms in total. The minimum atomic E-state index is 0.774. The molecule has 0 saturated heterocycles. The summed E-state index contributed by atoms with van der Waals surface area (Å²) in [6.45, 7) is 2.85. The number of hydrogen-bond donors (Lipinski definition) is 1. The first kappa shape index (κ1) is 13.3. The van der Waals surface area contributed by atoms with E-state index in [2.05, 4.69) is 48.8 Å². The summed E-state index contributed by atoms with van der Waals surface area (Å²) in [6.07, 6.45) is 2.08. The molecule has 0 aliphatic heterocycles. The zero-order valence-electron chi connectivity index (χ0n) is 10.5. The highest BCUT2D eigenvalue weighted by Gasteiger charge is 2.02. The Hall–Kier alpha value is -1.12. The maximum absolute atomic E-state index is 6.18. The molecular formula is C15H16ClNS. The summed E-state index contributed by atoms with van der Waals surface area (Å²) in [7, 11) is 0. The summed E-state index contributed by atoms with van der Waals surface area (Å²) in [5.41, 5.74) is 3.45. The largest absolute Gasteiger partial charge is 0.380 e. The van der Waals surface area contributed by atoms with Crippen LogP contribution in [-0.2, 0) is 6.54 Å². The monoisotopic (exact) mass is 277 g/mol. The molecule has 0 saturated carbocycles. The van der Waals surface area contributed by atoms with Crippen molar-refractivity contribution in [3.8, 4) is 0 Å². The third-order valence-electron chi connectivity index (χ3n) is 2.85. The number of para-hydroxylation sites is 1. The number of nitrogens with one attached hydrogen (secondary N) is 1. The Morgan fingerprint density at radius 2 is 1.83 bits per heavy atom. The highest BCUT2D eigenvalue weighted by molar-refractivity contribution is 7.98. The molecule has 0 heterocycles. The molecule has 0 amide bonds. The van der Waals surface area contributed by atoms with Crippen molar-refractivity contribution in [1.82, 2.24) is 0 Å². The Kier molecular flexibility index (Phi) is 4.56. The number of benzene rings is 2. The first-order valence-electron chi connectivity index (χ1n) is 5.82. The van der Waals surface area contributed by atoms with Crippen LogP contribution in [-0.4, -0.2) is 6.26 Å². The van der Waals surface area contributed by atoms with Gasteiger partial charge >= 0.3 is 0 Å². The maximum atomic E-state index is 6.18. The van der Waals surface area contributed by atoms with Gasteiger partial charge in [0.05, 0.1) is 10.7 Å². The summed E-state index contributed by atoms with van der Waals surface area (Å²) < 4.78 is 0. The fraction of sp³-hybridized carbons (Fsp3) is 0.200. The van der Waals surface area contributed by atoms with E-state index < -0.39 is 0 Å². The fourth-order valence-electron chi connectivity index (χ4n) is 1.79. The Labute approximate surface area is 118 Å². The lowest BCUT2D eigenvalue weighted by atomic mass is 10.2. The van der Waals surface area contributed by atoms with Gasteiger partial charge in [-0.05, 0) is 42.5 Å². The molecule has 2 aromatic rings. The quantitative estimate of drug-likeness (QED) is 0.791. The van der Waals surface area contributed by atoms with Crippen LogP contribution < -0.4 is 5.32 Å². The van der Waals surface area contributed by atoms with Crippen molar-refractivity contribution in [2.24, 2.45) is 0 Å². The summed E-state index contributed by atoms with van der Waals surface area (Å²) in [4.78, 5) is 1.28. The van der Waals surface area contributed by atoms with Gasteiger partial charge in [-0.3, -0.25) is 0 Å². The van der Waals surface area contributed by atoms with Crippen molar-refractivity contribution in [3.05, 3.63) is 58.6 Å². The van der Waals surface area contributed by atoms with Crippen molar-refractivity contribution < 1.29 is 0 Å². The number of rotatable bonds is 4. The molecule has 94 valence electrons. The Balaban J connectivity index is 2.06. The minimum absolute atomic E-state index is 0.774. The highest BCUT2D eigenvalue weighted by Crippen LogP contribution is 2.26. The van der Waals surface area contributed by atoms with Crippen LogP contribution in [0.5, 0.6) is 0 Å². The molecule has 0 radical (unpaired) electrons. The molecule has 0 atom stereocenters. The van der Waals surface area contributed by atoms with Crippen LogP contribution >= 0.6 is 23.4 Å². The first-order chi connectivity index (χ1) is 8.70. The summed E-state index contributed by atoms with van der Waals surface area (Å²) in [6, 6.07) is 14.5. The van der Waals surface area contributed by atoms with Crippen LogP contribution in [0, 0.1) is 6.92 Å². The van der Waals surface area contributed by atoms with Crippen molar-refractivity contribution in [1.29, 1.82) is 0 Å². The predicted octanol–water partition coefficient (Wildman–Crippen LogP) is 4.98. The van der Waals surface area contributed by atoms with Gasteiger partial charge in [0.25, 0.3) is 0 Å². The van der Waals surface area contributed by atoms with E-state index in [4.69, 9.17) is 11.6 Å². The molecule has 0 aromatic heterocycles. The second kappa shape index (κ2) is 6.17. The Morgan fingerprint density at radius 1 is 1.11 bits per heavy atom. The standard InChI is InChI=1S/C15H16ClNS/c1-11-4-3-5-14(16)15(11)17-10-12-6-8-13(18-2)9-7-12/h3-9,17H,10H2,1-2H3. The molecule has 0 spiro atoms. The van der Waals surface area contributed by atoms with Gasteiger partial charge in [0.1, 0.15) is 0 Å². The zero-order valence-corrected chi connectivity index (χ0v) is 12.1. The molecule has 3 heteroatoms. The molecule has 0 aliphatic rings. The Morgan fingerprint density at radius 3 is 2.44 bits per heavy atom. The third-order valence-corrected chi connectivity index (χ3v) is 3.91. The SMILES string of the molecule is CSc1ccc(CNc2c(C)cccc2Cl)cc1. The molecule has 1 N–H and O–H groups in total. The molecule has 2 aromatic carbocycles. The molecule has 18 heavy (non-hydrogen) atoms. The van der Waals surface area contributed by atoms with Gasteiger partial charge in [-0.2, -0.15) is 0 Å². The third kappa shape index (κ3) is 3.21. The van der Waals surface area contributed by atoms with Gasteiger partial charge in [0, 0.05) is 11.4 Å². The van der Waals surface area contributed by atoms with E-state index in [1.54, 1.807) is 11.8 Å². The molecule has 0 aliphatic carbocycles. The van der Waals surface area contributed by atoms with Crippen LogP contribution in [0.15, 0.2) is 47.4 Å². The number of halogens is 1. The van der Waals surface area contributed by atoms with Crippen LogP contribution in [0.1, 0.15) is 11.1 Å². The smallest absolute Gasteiger partial charge is 0.0640 e. The number of aryl methyl sites for hydroxylation is 1. The number of hydrogen-bond acceptors (Lipinski definition) is 2. The van der Waals surface area contributed by atoms with Crippen molar-refractivity contribution in [3.63, 3.8) is 0 Å². The van der Waals surface area contributed by atoms with Gasteiger partial charge < -0.3 is 5.32 Å².